The number of carbonyl (C=O) groups is 3. The lowest BCUT2D eigenvalue weighted by atomic mass is 9.82. The molecular weight excluding hydrogens is 400 g/mol. The molecule has 2 amide bonds. The summed E-state index contributed by atoms with van der Waals surface area (Å²) in [5, 5.41) is 16.3. The van der Waals surface area contributed by atoms with Gasteiger partial charge in [-0.2, -0.15) is 0 Å². The fraction of sp³-hybridized carbons (Fsp3) is 0.609. The van der Waals surface area contributed by atoms with Crippen molar-refractivity contribution < 1.29 is 19.5 Å². The van der Waals surface area contributed by atoms with Crippen LogP contribution in [0.3, 0.4) is 0 Å². The zero-order chi connectivity index (χ0) is 21.1. The molecule has 0 radical (unpaired) electrons. The Morgan fingerprint density at radius 1 is 0.933 bits per heavy atom. The van der Waals surface area contributed by atoms with E-state index in [0.717, 1.165) is 56.9 Å². The van der Waals surface area contributed by atoms with E-state index in [0.29, 0.717) is 23.4 Å². The van der Waals surface area contributed by atoms with Crippen LogP contribution in [0.5, 0.6) is 0 Å². The summed E-state index contributed by atoms with van der Waals surface area (Å²) in [5.41, 5.74) is 1.69. The highest BCUT2D eigenvalue weighted by atomic mass is 32.1. The first kappa shape index (κ1) is 21.1. The van der Waals surface area contributed by atoms with E-state index in [2.05, 4.69) is 10.6 Å². The highest BCUT2D eigenvalue weighted by molar-refractivity contribution is 7.17. The number of aryl methyl sites for hydroxylation is 1. The maximum absolute atomic E-state index is 13.2. The molecule has 1 saturated carbocycles. The molecule has 0 unspecified atom stereocenters. The van der Waals surface area contributed by atoms with Crippen molar-refractivity contribution in [2.75, 3.05) is 5.32 Å². The van der Waals surface area contributed by atoms with Crippen LogP contribution in [-0.2, 0) is 22.4 Å². The van der Waals surface area contributed by atoms with Crippen molar-refractivity contribution in [3.63, 3.8) is 0 Å². The number of anilines is 1. The van der Waals surface area contributed by atoms with Crippen molar-refractivity contribution in [1.29, 1.82) is 0 Å². The molecule has 0 saturated heterocycles. The topological polar surface area (TPSA) is 95.5 Å². The van der Waals surface area contributed by atoms with Gasteiger partial charge in [-0.1, -0.05) is 31.4 Å². The molecular formula is C23H30N2O4S. The van der Waals surface area contributed by atoms with E-state index in [1.54, 1.807) is 0 Å². The third-order valence-corrected chi connectivity index (χ3v) is 7.87. The summed E-state index contributed by atoms with van der Waals surface area (Å²) in [5.74, 6) is -2.66. The molecule has 2 atom stereocenters. The summed E-state index contributed by atoms with van der Waals surface area (Å²) in [6.07, 6.45) is 13.9. The Labute approximate surface area is 181 Å². The quantitative estimate of drug-likeness (QED) is 0.607. The van der Waals surface area contributed by atoms with E-state index in [9.17, 15) is 19.5 Å². The first-order valence-electron chi connectivity index (χ1n) is 11.2. The van der Waals surface area contributed by atoms with Crippen LogP contribution in [0.15, 0.2) is 12.2 Å². The molecule has 0 aliphatic heterocycles. The van der Waals surface area contributed by atoms with Crippen LogP contribution in [0.25, 0.3) is 0 Å². The smallest absolute Gasteiger partial charge is 0.307 e. The van der Waals surface area contributed by atoms with E-state index in [4.69, 9.17) is 0 Å². The molecule has 0 spiro atoms. The van der Waals surface area contributed by atoms with Gasteiger partial charge in [-0.15, -0.1) is 11.3 Å². The van der Waals surface area contributed by atoms with E-state index < -0.39 is 17.8 Å². The number of carbonyl (C=O) groups excluding carboxylic acids is 2. The first-order chi connectivity index (χ1) is 14.5. The number of hydrogen-bond donors (Lipinski definition) is 3. The summed E-state index contributed by atoms with van der Waals surface area (Å²) in [7, 11) is 0. The van der Waals surface area contributed by atoms with Crippen LogP contribution < -0.4 is 10.6 Å². The van der Waals surface area contributed by atoms with Crippen molar-refractivity contribution in [1.82, 2.24) is 5.32 Å². The van der Waals surface area contributed by atoms with Gasteiger partial charge in [0.15, 0.2) is 0 Å². The fourth-order valence-electron chi connectivity index (χ4n) is 4.98. The number of carboxylic acids is 1. The summed E-state index contributed by atoms with van der Waals surface area (Å²) in [6.45, 7) is 0. The molecule has 3 aliphatic carbocycles. The minimum absolute atomic E-state index is 0.0880. The van der Waals surface area contributed by atoms with E-state index in [-0.39, 0.29) is 17.9 Å². The van der Waals surface area contributed by atoms with Gasteiger partial charge >= 0.3 is 5.97 Å². The summed E-state index contributed by atoms with van der Waals surface area (Å²) in [6, 6.07) is 0.203. The number of fused-ring (bicyclic) bond motifs is 1. The number of allylic oxidation sites excluding steroid dienone is 2. The van der Waals surface area contributed by atoms with Crippen LogP contribution in [-0.4, -0.2) is 28.9 Å². The Bertz CT molecular complexity index is 854. The Balaban J connectivity index is 1.57. The third-order valence-electron chi connectivity index (χ3n) is 6.66. The zero-order valence-electron chi connectivity index (χ0n) is 17.2. The summed E-state index contributed by atoms with van der Waals surface area (Å²) >= 11 is 1.50. The maximum atomic E-state index is 13.2. The maximum Gasteiger partial charge on any atom is 0.307 e. The lowest BCUT2D eigenvalue weighted by Gasteiger charge is -2.25. The minimum Gasteiger partial charge on any atom is -0.481 e. The molecule has 162 valence electrons. The Kier molecular flexibility index (Phi) is 6.56. The Morgan fingerprint density at radius 2 is 1.63 bits per heavy atom. The Morgan fingerprint density at radius 3 is 2.37 bits per heavy atom. The van der Waals surface area contributed by atoms with Crippen LogP contribution in [0.2, 0.25) is 0 Å². The second-order valence-corrected chi connectivity index (χ2v) is 9.81. The third kappa shape index (κ3) is 4.46. The molecule has 0 aromatic carbocycles. The SMILES string of the molecule is O=C(NC1CCCCC1)c1c(NC(=O)[C@@H]2CC=CC[C@H]2C(=O)O)sc2c1CCCC2. The van der Waals surface area contributed by atoms with E-state index in [1.807, 2.05) is 12.2 Å². The van der Waals surface area contributed by atoms with Crippen LogP contribution >= 0.6 is 11.3 Å². The largest absolute Gasteiger partial charge is 0.481 e. The molecule has 1 fully saturated rings. The molecule has 4 rings (SSSR count). The molecule has 7 heteroatoms. The molecule has 30 heavy (non-hydrogen) atoms. The van der Waals surface area contributed by atoms with Crippen LogP contribution in [0, 0.1) is 11.8 Å². The van der Waals surface area contributed by atoms with Crippen LogP contribution in [0.1, 0.15) is 78.6 Å². The van der Waals surface area contributed by atoms with Gasteiger partial charge < -0.3 is 15.7 Å². The molecule has 1 aromatic heterocycles. The van der Waals surface area contributed by atoms with E-state index >= 15 is 0 Å². The van der Waals surface area contributed by atoms with Gasteiger partial charge in [-0.05, 0) is 56.9 Å². The first-order valence-corrected chi connectivity index (χ1v) is 12.0. The summed E-state index contributed by atoms with van der Waals surface area (Å²) < 4.78 is 0. The lowest BCUT2D eigenvalue weighted by molar-refractivity contribution is -0.146. The molecule has 6 nitrogen and oxygen atoms in total. The van der Waals surface area contributed by atoms with Gasteiger partial charge in [0.1, 0.15) is 5.00 Å². The zero-order valence-corrected chi connectivity index (χ0v) is 18.1. The number of carboxylic acid groups (broad SMARTS) is 1. The molecule has 1 heterocycles. The fourth-order valence-corrected chi connectivity index (χ4v) is 6.27. The van der Waals surface area contributed by atoms with Crippen molar-refractivity contribution >= 4 is 34.1 Å². The normalized spacial score (nSPS) is 24.1. The average molecular weight is 431 g/mol. The standard InChI is InChI=1S/C23H30N2O4S/c26-20(15-10-4-5-11-16(15)23(28)29)25-22-19(17-12-6-7-13-18(17)30-22)21(27)24-14-8-2-1-3-9-14/h4-5,14-16H,1-3,6-13H2,(H,24,27)(H,25,26)(H,28,29)/t15-,16-/m1/s1. The van der Waals surface area contributed by atoms with Gasteiger partial charge in [0, 0.05) is 10.9 Å². The predicted molar refractivity (Wildman–Crippen MR) is 117 cm³/mol. The second-order valence-electron chi connectivity index (χ2n) is 8.71. The monoisotopic (exact) mass is 430 g/mol. The molecule has 3 aliphatic rings. The van der Waals surface area contributed by atoms with Gasteiger partial charge in [0.25, 0.3) is 5.91 Å². The predicted octanol–water partition coefficient (Wildman–Crippen LogP) is 4.29. The van der Waals surface area contributed by atoms with Gasteiger partial charge in [0.2, 0.25) is 5.91 Å². The molecule has 1 aromatic rings. The highest BCUT2D eigenvalue weighted by Gasteiger charge is 2.35. The molecule has 3 N–H and O–H groups in total. The summed E-state index contributed by atoms with van der Waals surface area (Å²) in [4.78, 5) is 39.0. The Hall–Kier alpha value is -2.15. The van der Waals surface area contributed by atoms with Crippen molar-refractivity contribution in [2.24, 2.45) is 11.8 Å². The van der Waals surface area contributed by atoms with Gasteiger partial charge in [-0.3, -0.25) is 14.4 Å². The van der Waals surface area contributed by atoms with E-state index in [1.165, 1.54) is 22.6 Å². The number of hydrogen-bond acceptors (Lipinski definition) is 4. The lowest BCUT2D eigenvalue weighted by Crippen LogP contribution is -2.37. The molecule has 0 bridgehead atoms. The van der Waals surface area contributed by atoms with Crippen molar-refractivity contribution in [3.8, 4) is 0 Å². The number of amides is 2. The van der Waals surface area contributed by atoms with Gasteiger partial charge in [0.05, 0.1) is 17.4 Å². The average Bonchev–Trinajstić information content (AvgIpc) is 3.12. The van der Waals surface area contributed by atoms with Crippen LogP contribution in [0.4, 0.5) is 5.00 Å². The second kappa shape index (κ2) is 9.33. The van der Waals surface area contributed by atoms with Gasteiger partial charge in [-0.25, -0.2) is 0 Å². The highest BCUT2D eigenvalue weighted by Crippen LogP contribution is 2.39. The minimum atomic E-state index is -0.944. The number of rotatable bonds is 5. The van der Waals surface area contributed by atoms with Crippen molar-refractivity contribution in [2.45, 2.75) is 76.7 Å². The number of aliphatic carboxylic acids is 1. The van der Waals surface area contributed by atoms with Crippen molar-refractivity contribution in [3.05, 3.63) is 28.2 Å². The number of nitrogens with one attached hydrogen (secondary N) is 2. The number of thiophene rings is 1.